The monoisotopic (exact) mass is 587 g/mol. The van der Waals surface area contributed by atoms with Crippen LogP contribution in [0.4, 0.5) is 15.8 Å². The van der Waals surface area contributed by atoms with E-state index < -0.39 is 28.9 Å². The summed E-state index contributed by atoms with van der Waals surface area (Å²) in [6.45, 7) is 1.26. The van der Waals surface area contributed by atoms with Crippen molar-refractivity contribution in [1.29, 1.82) is 0 Å². The van der Waals surface area contributed by atoms with Crippen molar-refractivity contribution in [2.45, 2.75) is 44.9 Å². The quantitative estimate of drug-likeness (QED) is 0.141. The molecule has 1 aromatic heterocycles. The lowest BCUT2D eigenvalue weighted by Crippen LogP contribution is -2.25. The number of para-hydroxylation sites is 1. The Labute approximate surface area is 246 Å². The maximum atomic E-state index is 13.5. The molecule has 12 heteroatoms. The minimum absolute atomic E-state index is 0.0215. The number of fused-ring (bicyclic) bond motifs is 1. The number of hydrogen-bond donors (Lipinski definition) is 1. The van der Waals surface area contributed by atoms with Crippen LogP contribution in [0.5, 0.6) is 11.5 Å². The number of nitro groups is 1. The van der Waals surface area contributed by atoms with Gasteiger partial charge in [0.05, 0.1) is 28.6 Å². The molecule has 43 heavy (non-hydrogen) atoms. The van der Waals surface area contributed by atoms with E-state index in [9.17, 15) is 24.1 Å². The van der Waals surface area contributed by atoms with Gasteiger partial charge in [0, 0.05) is 23.2 Å². The van der Waals surface area contributed by atoms with E-state index in [0.717, 1.165) is 38.2 Å². The Morgan fingerprint density at radius 2 is 1.93 bits per heavy atom. The fraction of sp³-hybridized carbons (Fsp3) is 0.290. The number of ether oxygens (including phenoxy) is 2. The number of anilines is 1. The highest BCUT2D eigenvalue weighted by atomic mass is 19.1. The summed E-state index contributed by atoms with van der Waals surface area (Å²) in [5.74, 6) is -0.780. The van der Waals surface area contributed by atoms with Crippen LogP contribution in [0, 0.1) is 15.9 Å². The van der Waals surface area contributed by atoms with Gasteiger partial charge in [0.25, 0.3) is 11.5 Å². The summed E-state index contributed by atoms with van der Waals surface area (Å²) in [6, 6.07) is 15.1. The maximum absolute atomic E-state index is 13.5. The lowest BCUT2D eigenvalue weighted by Gasteiger charge is -2.22. The molecule has 3 aromatic carbocycles. The molecule has 1 aliphatic rings. The summed E-state index contributed by atoms with van der Waals surface area (Å²) < 4.78 is 25.9. The number of rotatable bonds is 10. The number of nitrogens with zero attached hydrogens (tertiary/aromatic N) is 4. The van der Waals surface area contributed by atoms with E-state index in [1.54, 1.807) is 25.1 Å². The fourth-order valence-electron chi connectivity index (χ4n) is 5.13. The number of carbonyl (C=O) groups is 1. The molecule has 0 aliphatic heterocycles. The standard InChI is InChI=1S/C31H30FN5O6/c1-2-42-27-16-20(15-26(37(40)41)29(27)43-19-28(38)34-23-12-8-11-22(32)17-23)18-33-36-30(21-9-4-3-5-10-21)35-25-14-7-6-13-24(25)31(36)39/h6-8,11-18,21H,2-5,9-10,19H2,1H3,(H,34,38). The third-order valence-electron chi connectivity index (χ3n) is 7.08. The lowest BCUT2D eigenvalue weighted by atomic mass is 9.88. The second-order valence-corrected chi connectivity index (χ2v) is 10.1. The molecule has 0 unspecified atom stereocenters. The summed E-state index contributed by atoms with van der Waals surface area (Å²) in [5, 5.41) is 19.4. The van der Waals surface area contributed by atoms with Crippen LogP contribution in [0.3, 0.4) is 0 Å². The first-order chi connectivity index (χ1) is 20.8. The van der Waals surface area contributed by atoms with Crippen molar-refractivity contribution in [2.75, 3.05) is 18.5 Å². The van der Waals surface area contributed by atoms with Crippen molar-refractivity contribution in [1.82, 2.24) is 9.66 Å². The second-order valence-electron chi connectivity index (χ2n) is 10.1. The van der Waals surface area contributed by atoms with E-state index in [4.69, 9.17) is 14.5 Å². The van der Waals surface area contributed by atoms with Gasteiger partial charge >= 0.3 is 5.69 Å². The maximum Gasteiger partial charge on any atom is 0.315 e. The Kier molecular flexibility index (Phi) is 9.04. The van der Waals surface area contributed by atoms with Gasteiger partial charge in [0.1, 0.15) is 11.6 Å². The van der Waals surface area contributed by atoms with E-state index in [2.05, 4.69) is 10.4 Å². The number of hydrogen-bond acceptors (Lipinski definition) is 8. The van der Waals surface area contributed by atoms with Gasteiger partial charge in [0.2, 0.25) is 5.75 Å². The number of halogens is 1. The van der Waals surface area contributed by atoms with Gasteiger partial charge in [-0.1, -0.05) is 37.5 Å². The molecule has 0 saturated heterocycles. The first kappa shape index (κ1) is 29.4. The first-order valence-electron chi connectivity index (χ1n) is 14.0. The fourth-order valence-corrected chi connectivity index (χ4v) is 5.13. The van der Waals surface area contributed by atoms with Gasteiger partial charge in [-0.2, -0.15) is 9.78 Å². The highest BCUT2D eigenvalue weighted by Crippen LogP contribution is 2.38. The molecule has 1 amide bonds. The molecule has 5 rings (SSSR count). The van der Waals surface area contributed by atoms with Crippen LogP contribution in [-0.2, 0) is 4.79 Å². The molecule has 1 saturated carbocycles. The third-order valence-corrected chi connectivity index (χ3v) is 7.08. The number of nitrogens with one attached hydrogen (secondary N) is 1. The van der Waals surface area contributed by atoms with Crippen LogP contribution in [0.15, 0.2) is 70.6 Å². The number of nitro benzene ring substituents is 1. The molecule has 1 fully saturated rings. The minimum Gasteiger partial charge on any atom is -0.490 e. The molecule has 222 valence electrons. The average molecular weight is 588 g/mol. The zero-order valence-corrected chi connectivity index (χ0v) is 23.5. The summed E-state index contributed by atoms with van der Waals surface area (Å²) in [6.07, 6.45) is 6.31. The van der Waals surface area contributed by atoms with Gasteiger partial charge in [-0.05, 0) is 56.2 Å². The Morgan fingerprint density at radius 3 is 2.67 bits per heavy atom. The van der Waals surface area contributed by atoms with Gasteiger partial charge in [-0.3, -0.25) is 19.7 Å². The number of aromatic nitrogens is 2. The van der Waals surface area contributed by atoms with Gasteiger partial charge < -0.3 is 14.8 Å². The molecular weight excluding hydrogens is 557 g/mol. The van der Waals surface area contributed by atoms with Crippen molar-refractivity contribution >= 4 is 34.4 Å². The Balaban J connectivity index is 1.47. The van der Waals surface area contributed by atoms with Gasteiger partial charge in [-0.25, -0.2) is 9.37 Å². The number of carbonyl (C=O) groups excluding carboxylic acids is 1. The minimum atomic E-state index is -0.656. The summed E-state index contributed by atoms with van der Waals surface area (Å²) in [7, 11) is 0. The van der Waals surface area contributed by atoms with Crippen molar-refractivity contribution in [3.05, 3.63) is 98.3 Å². The first-order valence-corrected chi connectivity index (χ1v) is 14.0. The van der Waals surface area contributed by atoms with Crippen molar-refractivity contribution in [3.63, 3.8) is 0 Å². The Morgan fingerprint density at radius 1 is 1.14 bits per heavy atom. The van der Waals surface area contributed by atoms with Crippen LogP contribution in [-0.4, -0.2) is 39.9 Å². The van der Waals surface area contributed by atoms with E-state index in [-0.39, 0.29) is 40.8 Å². The smallest absolute Gasteiger partial charge is 0.315 e. The highest BCUT2D eigenvalue weighted by molar-refractivity contribution is 5.92. The second kappa shape index (κ2) is 13.2. The van der Waals surface area contributed by atoms with Crippen molar-refractivity contribution in [3.8, 4) is 11.5 Å². The Hall–Kier alpha value is -5.13. The zero-order valence-electron chi connectivity index (χ0n) is 23.5. The van der Waals surface area contributed by atoms with Gasteiger partial charge in [0.15, 0.2) is 12.4 Å². The lowest BCUT2D eigenvalue weighted by molar-refractivity contribution is -0.385. The highest BCUT2D eigenvalue weighted by Gasteiger charge is 2.25. The largest absolute Gasteiger partial charge is 0.490 e. The summed E-state index contributed by atoms with van der Waals surface area (Å²) in [4.78, 5) is 42.1. The van der Waals surface area contributed by atoms with Crippen LogP contribution in [0.2, 0.25) is 0 Å². The van der Waals surface area contributed by atoms with E-state index >= 15 is 0 Å². The topological polar surface area (TPSA) is 138 Å². The molecular formula is C31H30FN5O6. The van der Waals surface area contributed by atoms with E-state index in [0.29, 0.717) is 16.7 Å². The summed E-state index contributed by atoms with van der Waals surface area (Å²) in [5.41, 5.74) is 0.303. The zero-order chi connectivity index (χ0) is 30.3. The van der Waals surface area contributed by atoms with Gasteiger partial charge in [-0.15, -0.1) is 0 Å². The van der Waals surface area contributed by atoms with Crippen LogP contribution < -0.4 is 20.3 Å². The van der Waals surface area contributed by atoms with Crippen LogP contribution in [0.25, 0.3) is 10.9 Å². The van der Waals surface area contributed by atoms with Crippen molar-refractivity contribution < 1.29 is 23.6 Å². The van der Waals surface area contributed by atoms with Crippen LogP contribution in [0.1, 0.15) is 56.3 Å². The number of amides is 1. The Bertz CT molecular complexity index is 1750. The normalized spacial score (nSPS) is 13.7. The molecule has 0 bridgehead atoms. The SMILES string of the molecule is CCOc1cc(C=Nn2c(C3CCCCC3)nc3ccccc3c2=O)cc([N+](=O)[O-])c1OCC(=O)Nc1cccc(F)c1. The predicted octanol–water partition coefficient (Wildman–Crippen LogP) is 5.79. The molecule has 1 N–H and O–H groups in total. The molecule has 0 radical (unpaired) electrons. The van der Waals surface area contributed by atoms with E-state index in [1.165, 1.54) is 41.2 Å². The average Bonchev–Trinajstić information content (AvgIpc) is 3.00. The molecule has 11 nitrogen and oxygen atoms in total. The summed E-state index contributed by atoms with van der Waals surface area (Å²) >= 11 is 0. The van der Waals surface area contributed by atoms with E-state index in [1.807, 2.05) is 6.07 Å². The number of benzene rings is 3. The molecule has 1 aliphatic carbocycles. The molecule has 0 spiro atoms. The molecule has 4 aromatic rings. The van der Waals surface area contributed by atoms with Crippen LogP contribution >= 0.6 is 0 Å². The molecule has 1 heterocycles. The predicted molar refractivity (Wildman–Crippen MR) is 160 cm³/mol. The molecule has 0 atom stereocenters. The van der Waals surface area contributed by atoms with Crippen molar-refractivity contribution in [2.24, 2.45) is 5.10 Å². The third kappa shape index (κ3) is 6.85.